The molecule has 4 nitrogen and oxygen atoms in total. The van der Waals surface area contributed by atoms with E-state index in [-0.39, 0.29) is 0 Å². The molecule has 0 aliphatic heterocycles. The van der Waals surface area contributed by atoms with Crippen molar-refractivity contribution in [1.82, 2.24) is 9.97 Å². The van der Waals surface area contributed by atoms with Crippen LogP contribution in [0.2, 0.25) is 0 Å². The minimum atomic E-state index is 0.382. The zero-order valence-corrected chi connectivity index (χ0v) is 15.2. The summed E-state index contributed by atoms with van der Waals surface area (Å²) in [5.74, 6) is 1.74. The van der Waals surface area contributed by atoms with E-state index in [9.17, 15) is 0 Å². The summed E-state index contributed by atoms with van der Waals surface area (Å²) in [7, 11) is 3.27. The lowest BCUT2D eigenvalue weighted by atomic mass is 10.0. The van der Waals surface area contributed by atoms with Crippen LogP contribution in [-0.2, 0) is 5.88 Å². The van der Waals surface area contributed by atoms with E-state index in [1.54, 1.807) is 20.4 Å². The number of fused-ring (bicyclic) bond motifs is 3. The van der Waals surface area contributed by atoms with Gasteiger partial charge in [0.15, 0.2) is 0 Å². The number of hydrogen-bond donors (Lipinski definition) is 0. The molecule has 0 bridgehead atoms. The molecule has 0 amide bonds. The van der Waals surface area contributed by atoms with Crippen molar-refractivity contribution in [3.63, 3.8) is 0 Å². The quantitative estimate of drug-likeness (QED) is 0.368. The second kappa shape index (κ2) is 6.81. The van der Waals surface area contributed by atoms with Crippen LogP contribution in [-0.4, -0.2) is 24.2 Å². The third-order valence-corrected chi connectivity index (χ3v) is 4.72. The molecule has 2 heterocycles. The molecule has 0 spiro atoms. The van der Waals surface area contributed by atoms with Crippen LogP contribution in [0.5, 0.6) is 11.5 Å². The van der Waals surface area contributed by atoms with Gasteiger partial charge in [-0.05, 0) is 29.8 Å². The maximum Gasteiger partial charge on any atom is 0.132 e. The van der Waals surface area contributed by atoms with E-state index in [0.29, 0.717) is 17.4 Å². The van der Waals surface area contributed by atoms with Gasteiger partial charge < -0.3 is 9.47 Å². The Kier molecular flexibility index (Phi) is 4.35. The second-order valence-electron chi connectivity index (χ2n) is 5.92. The Morgan fingerprint density at radius 2 is 1.54 bits per heavy atom. The van der Waals surface area contributed by atoms with Crippen molar-refractivity contribution in [2.45, 2.75) is 5.88 Å². The van der Waals surface area contributed by atoms with Crippen LogP contribution in [0.4, 0.5) is 0 Å². The Morgan fingerprint density at radius 1 is 0.885 bits per heavy atom. The molecular weight excluding hydrogens is 348 g/mol. The summed E-state index contributed by atoms with van der Waals surface area (Å²) < 4.78 is 11.2. The molecule has 26 heavy (non-hydrogen) atoms. The highest BCUT2D eigenvalue weighted by Crippen LogP contribution is 2.40. The van der Waals surface area contributed by atoms with Crippen LogP contribution < -0.4 is 9.47 Å². The third-order valence-electron chi connectivity index (χ3n) is 4.41. The molecule has 5 heteroatoms. The van der Waals surface area contributed by atoms with E-state index < -0.39 is 0 Å². The molecule has 4 aromatic rings. The lowest BCUT2D eigenvalue weighted by molar-refractivity contribution is 0.396. The molecule has 0 aliphatic rings. The molecule has 130 valence electrons. The minimum absolute atomic E-state index is 0.382. The zero-order chi connectivity index (χ0) is 18.1. The largest absolute Gasteiger partial charge is 0.496 e. The van der Waals surface area contributed by atoms with Gasteiger partial charge in [0, 0.05) is 22.8 Å². The molecule has 2 aromatic heterocycles. The highest BCUT2D eigenvalue weighted by Gasteiger charge is 2.17. The second-order valence-corrected chi connectivity index (χ2v) is 6.19. The smallest absolute Gasteiger partial charge is 0.132 e. The Balaban J connectivity index is 2.01. The molecule has 2 aromatic carbocycles. The van der Waals surface area contributed by atoms with Gasteiger partial charge in [0.1, 0.15) is 11.5 Å². The molecular formula is C21H17ClN2O2. The number of alkyl halides is 1. The van der Waals surface area contributed by atoms with E-state index in [1.807, 2.05) is 36.4 Å². The van der Waals surface area contributed by atoms with Crippen LogP contribution in [0.1, 0.15) is 5.56 Å². The van der Waals surface area contributed by atoms with Crippen LogP contribution in [0.3, 0.4) is 0 Å². The summed E-state index contributed by atoms with van der Waals surface area (Å²) in [6, 6.07) is 15.9. The maximum absolute atomic E-state index is 5.99. The normalized spacial score (nSPS) is 11.0. The van der Waals surface area contributed by atoms with Gasteiger partial charge >= 0.3 is 0 Å². The molecule has 0 N–H and O–H groups in total. The summed E-state index contributed by atoms with van der Waals surface area (Å²) in [5, 5.41) is 2.09. The van der Waals surface area contributed by atoms with Gasteiger partial charge in [-0.3, -0.25) is 4.98 Å². The van der Waals surface area contributed by atoms with E-state index in [2.05, 4.69) is 17.1 Å². The predicted octanol–water partition coefficient (Wildman–Crippen LogP) is 5.21. The van der Waals surface area contributed by atoms with E-state index >= 15 is 0 Å². The van der Waals surface area contributed by atoms with E-state index in [4.69, 9.17) is 26.1 Å². The molecule has 0 saturated heterocycles. The van der Waals surface area contributed by atoms with Crippen molar-refractivity contribution in [3.8, 4) is 22.8 Å². The van der Waals surface area contributed by atoms with Gasteiger partial charge in [0.05, 0.1) is 36.5 Å². The van der Waals surface area contributed by atoms with Gasteiger partial charge in [-0.1, -0.05) is 24.3 Å². The van der Waals surface area contributed by atoms with Gasteiger partial charge in [0.2, 0.25) is 0 Å². The highest BCUT2D eigenvalue weighted by molar-refractivity contribution is 6.17. The van der Waals surface area contributed by atoms with Crippen molar-refractivity contribution >= 4 is 33.4 Å². The predicted molar refractivity (Wildman–Crippen MR) is 105 cm³/mol. The number of rotatable bonds is 4. The van der Waals surface area contributed by atoms with Crippen LogP contribution in [0.15, 0.2) is 54.7 Å². The Bertz CT molecular complexity index is 1090. The number of halogens is 1. The number of pyridine rings is 2. The SMILES string of the molecule is COc1cc(CCl)cc(OC)c1-c1ccc2ccc3cccnc3c2n1. The summed E-state index contributed by atoms with van der Waals surface area (Å²) in [5.41, 5.74) is 4.23. The molecule has 0 atom stereocenters. The van der Waals surface area contributed by atoms with Crippen molar-refractivity contribution in [1.29, 1.82) is 0 Å². The fourth-order valence-electron chi connectivity index (χ4n) is 3.16. The minimum Gasteiger partial charge on any atom is -0.496 e. The van der Waals surface area contributed by atoms with E-state index in [0.717, 1.165) is 38.6 Å². The third kappa shape index (κ3) is 2.72. The Labute approximate surface area is 156 Å². The van der Waals surface area contributed by atoms with Gasteiger partial charge in [-0.25, -0.2) is 4.98 Å². The first-order chi connectivity index (χ1) is 12.7. The maximum atomic E-state index is 5.99. The first-order valence-electron chi connectivity index (χ1n) is 8.21. The summed E-state index contributed by atoms with van der Waals surface area (Å²) >= 11 is 5.99. The lowest BCUT2D eigenvalue weighted by Gasteiger charge is -2.15. The zero-order valence-electron chi connectivity index (χ0n) is 14.5. The molecule has 0 fully saturated rings. The fourth-order valence-corrected chi connectivity index (χ4v) is 3.31. The number of ether oxygens (including phenoxy) is 2. The first kappa shape index (κ1) is 16.6. The fraction of sp³-hybridized carbons (Fsp3) is 0.143. The molecule has 0 unspecified atom stereocenters. The van der Waals surface area contributed by atoms with Crippen molar-refractivity contribution < 1.29 is 9.47 Å². The number of nitrogens with zero attached hydrogens (tertiary/aromatic N) is 2. The van der Waals surface area contributed by atoms with E-state index in [1.165, 1.54) is 0 Å². The standard InChI is InChI=1S/C21H17ClN2O2/c1-25-17-10-13(12-22)11-18(26-2)19(17)16-8-7-15-6-5-14-4-3-9-23-20(14)21(15)24-16/h3-11H,12H2,1-2H3. The van der Waals surface area contributed by atoms with Crippen molar-refractivity contribution in [2.24, 2.45) is 0 Å². The number of hydrogen-bond acceptors (Lipinski definition) is 4. The van der Waals surface area contributed by atoms with Crippen molar-refractivity contribution in [2.75, 3.05) is 14.2 Å². The van der Waals surface area contributed by atoms with Crippen LogP contribution >= 0.6 is 11.6 Å². The van der Waals surface area contributed by atoms with Crippen molar-refractivity contribution in [3.05, 3.63) is 60.3 Å². The summed E-state index contributed by atoms with van der Waals surface area (Å²) in [6.45, 7) is 0. The van der Waals surface area contributed by atoms with Gasteiger partial charge in [-0.15, -0.1) is 11.6 Å². The van der Waals surface area contributed by atoms with Gasteiger partial charge in [-0.2, -0.15) is 0 Å². The summed E-state index contributed by atoms with van der Waals surface area (Å²) in [4.78, 5) is 9.41. The number of aromatic nitrogens is 2. The Hall–Kier alpha value is -2.85. The highest BCUT2D eigenvalue weighted by atomic mass is 35.5. The molecule has 0 radical (unpaired) electrons. The molecule has 0 saturated carbocycles. The van der Waals surface area contributed by atoms with Crippen LogP contribution in [0.25, 0.3) is 33.1 Å². The number of methoxy groups -OCH3 is 2. The lowest BCUT2D eigenvalue weighted by Crippen LogP contribution is -1.97. The molecule has 0 aliphatic carbocycles. The topological polar surface area (TPSA) is 44.2 Å². The molecule has 4 rings (SSSR count). The monoisotopic (exact) mass is 364 g/mol. The average Bonchev–Trinajstić information content (AvgIpc) is 2.72. The summed E-state index contributed by atoms with van der Waals surface area (Å²) in [6.07, 6.45) is 1.78. The number of benzene rings is 2. The Morgan fingerprint density at radius 3 is 2.19 bits per heavy atom. The first-order valence-corrected chi connectivity index (χ1v) is 8.74. The average molecular weight is 365 g/mol. The van der Waals surface area contributed by atoms with Crippen LogP contribution in [0, 0.1) is 0 Å². The van der Waals surface area contributed by atoms with Gasteiger partial charge in [0.25, 0.3) is 0 Å².